The van der Waals surface area contributed by atoms with Crippen LogP contribution in [0.4, 0.5) is 4.39 Å². The Morgan fingerprint density at radius 1 is 1.06 bits per heavy atom. The molecule has 0 aliphatic carbocycles. The van der Waals surface area contributed by atoms with Crippen molar-refractivity contribution in [2.75, 3.05) is 31.6 Å². The van der Waals surface area contributed by atoms with Crippen molar-refractivity contribution in [2.45, 2.75) is 50.1 Å². The van der Waals surface area contributed by atoms with Crippen molar-refractivity contribution < 1.29 is 22.4 Å². The van der Waals surface area contributed by atoms with Crippen LogP contribution in [0.3, 0.4) is 0 Å². The van der Waals surface area contributed by atoms with E-state index in [0.29, 0.717) is 49.6 Å². The van der Waals surface area contributed by atoms with E-state index in [1.54, 1.807) is 23.1 Å². The first-order valence-corrected chi connectivity index (χ1v) is 14.5. The summed E-state index contributed by atoms with van der Waals surface area (Å²) in [5.74, 6) is -1.29. The summed E-state index contributed by atoms with van der Waals surface area (Å²) in [4.78, 5) is 28.5. The van der Waals surface area contributed by atoms with Crippen LogP contribution < -0.4 is 5.73 Å². The topological polar surface area (TPSA) is 101 Å². The number of halogens is 1. The lowest BCUT2D eigenvalue weighted by Crippen LogP contribution is -2.48. The Hall–Kier alpha value is -2.78. The number of nitrogens with zero attached hydrogens (tertiary/aromatic N) is 2. The van der Waals surface area contributed by atoms with E-state index >= 15 is 0 Å². The molecule has 2 aliphatic heterocycles. The first-order chi connectivity index (χ1) is 17.1. The highest BCUT2D eigenvalue weighted by molar-refractivity contribution is 7.91. The lowest BCUT2D eigenvalue weighted by molar-refractivity contribution is -0.128. The Kier molecular flexibility index (Phi) is 8.10. The van der Waals surface area contributed by atoms with Crippen molar-refractivity contribution in [3.05, 3.63) is 71.0 Å². The molecular formula is C27H34FN3O4S. The van der Waals surface area contributed by atoms with Gasteiger partial charge in [0.1, 0.15) is 11.6 Å². The van der Waals surface area contributed by atoms with E-state index in [9.17, 15) is 22.4 Å². The maximum atomic E-state index is 13.2. The van der Waals surface area contributed by atoms with Crippen molar-refractivity contribution in [1.29, 1.82) is 0 Å². The average molecular weight is 516 g/mol. The zero-order chi connectivity index (χ0) is 25.9. The number of hydrogen-bond donors (Lipinski definition) is 1. The molecule has 2 fully saturated rings. The normalized spacial score (nSPS) is 21.9. The van der Waals surface area contributed by atoms with Crippen molar-refractivity contribution in [3.63, 3.8) is 0 Å². The summed E-state index contributed by atoms with van der Waals surface area (Å²) in [7, 11) is -3.44. The van der Waals surface area contributed by atoms with E-state index < -0.39 is 27.4 Å². The largest absolute Gasteiger partial charge is 0.366 e. The summed E-state index contributed by atoms with van der Waals surface area (Å²) in [5, 5.41) is 0. The van der Waals surface area contributed by atoms with Gasteiger partial charge in [-0.1, -0.05) is 24.3 Å². The molecule has 2 aliphatic rings. The Morgan fingerprint density at radius 3 is 2.33 bits per heavy atom. The van der Waals surface area contributed by atoms with Gasteiger partial charge in [0.15, 0.2) is 9.84 Å². The van der Waals surface area contributed by atoms with Crippen LogP contribution in [-0.2, 0) is 21.1 Å². The van der Waals surface area contributed by atoms with Gasteiger partial charge in [0.25, 0.3) is 0 Å². The summed E-state index contributed by atoms with van der Waals surface area (Å²) in [6.07, 6.45) is 5.73. The summed E-state index contributed by atoms with van der Waals surface area (Å²) >= 11 is 0. The van der Waals surface area contributed by atoms with Crippen LogP contribution in [0.15, 0.2) is 48.5 Å². The lowest BCUT2D eigenvalue weighted by Gasteiger charge is -2.40. The van der Waals surface area contributed by atoms with E-state index in [1.165, 1.54) is 12.1 Å². The van der Waals surface area contributed by atoms with Gasteiger partial charge in [0.05, 0.1) is 0 Å². The zero-order valence-corrected chi connectivity index (χ0v) is 21.4. The molecule has 4 rings (SSSR count). The van der Waals surface area contributed by atoms with Gasteiger partial charge in [-0.15, -0.1) is 0 Å². The lowest BCUT2D eigenvalue weighted by atomic mass is 9.84. The molecule has 0 aromatic heterocycles. The molecule has 7 nitrogen and oxygen atoms in total. The van der Waals surface area contributed by atoms with Crippen molar-refractivity contribution in [3.8, 4) is 0 Å². The van der Waals surface area contributed by atoms with Gasteiger partial charge in [0.2, 0.25) is 11.8 Å². The van der Waals surface area contributed by atoms with Crippen LogP contribution in [0.5, 0.6) is 0 Å². The first kappa shape index (κ1) is 26.3. The maximum Gasteiger partial charge on any atom is 0.248 e. The fraction of sp³-hybridized carbons (Fsp3) is 0.481. The maximum absolute atomic E-state index is 13.2. The van der Waals surface area contributed by atoms with E-state index in [2.05, 4.69) is 11.0 Å². The average Bonchev–Trinajstić information content (AvgIpc) is 3.05. The van der Waals surface area contributed by atoms with Crippen LogP contribution in [-0.4, -0.2) is 73.8 Å². The minimum Gasteiger partial charge on any atom is -0.366 e. The zero-order valence-electron chi connectivity index (χ0n) is 20.6. The quantitative estimate of drug-likeness (QED) is 0.525. The monoisotopic (exact) mass is 515 g/mol. The third-order valence-electron chi connectivity index (χ3n) is 7.48. The van der Waals surface area contributed by atoms with Gasteiger partial charge in [-0.2, -0.15) is 0 Å². The summed E-state index contributed by atoms with van der Waals surface area (Å²) < 4.78 is 36.8. The minimum absolute atomic E-state index is 0.316. The standard InChI is InChI=1S/C27H34FN3O4S/c1-36(34,35)18-26(32)30(12-11-19-5-7-23(28)8-6-19)13-14-31-24-9-10-25(31)17-22(16-24)20-3-2-4-21(15-20)27(29)33/h2-8,15,22,24-25H,9-14,16-18H2,1H3,(H2,29,33)/t22?,24-,25+. The Morgan fingerprint density at radius 2 is 1.72 bits per heavy atom. The predicted octanol–water partition coefficient (Wildman–Crippen LogP) is 2.75. The van der Waals surface area contributed by atoms with Crippen LogP contribution >= 0.6 is 0 Å². The second-order valence-corrected chi connectivity index (χ2v) is 12.2. The SMILES string of the molecule is CS(=O)(=O)CC(=O)N(CCc1ccc(F)cc1)CCN1[C@@H]2CC[C@H]1CC(c1cccc(C(N)=O)c1)C2. The molecule has 2 amide bonds. The number of piperidine rings is 1. The van der Waals surface area contributed by atoms with Gasteiger partial charge in [0, 0.05) is 43.5 Å². The third kappa shape index (κ3) is 6.70. The summed E-state index contributed by atoms with van der Waals surface area (Å²) in [5.41, 5.74) is 8.04. The van der Waals surface area contributed by atoms with Gasteiger partial charge in [-0.25, -0.2) is 12.8 Å². The second kappa shape index (κ2) is 11.1. The van der Waals surface area contributed by atoms with E-state index in [0.717, 1.165) is 43.1 Å². The second-order valence-electron chi connectivity index (χ2n) is 10.1. The highest BCUT2D eigenvalue weighted by Gasteiger charge is 2.41. The Balaban J connectivity index is 1.40. The molecule has 3 atom stereocenters. The van der Waals surface area contributed by atoms with E-state index in [1.807, 2.05) is 12.1 Å². The molecule has 2 saturated heterocycles. The highest BCUT2D eigenvalue weighted by atomic mass is 32.2. The Labute approximate surface area is 212 Å². The molecule has 0 radical (unpaired) electrons. The molecule has 194 valence electrons. The van der Waals surface area contributed by atoms with Crippen LogP contribution in [0.25, 0.3) is 0 Å². The fourth-order valence-electron chi connectivity index (χ4n) is 5.69. The Bertz CT molecular complexity index is 1190. The number of amides is 2. The van der Waals surface area contributed by atoms with Crippen LogP contribution in [0, 0.1) is 5.82 Å². The molecule has 0 spiro atoms. The van der Waals surface area contributed by atoms with Gasteiger partial charge < -0.3 is 10.6 Å². The summed E-state index contributed by atoms with van der Waals surface area (Å²) in [6, 6.07) is 14.5. The molecule has 2 aromatic carbocycles. The smallest absolute Gasteiger partial charge is 0.248 e. The number of rotatable bonds is 10. The summed E-state index contributed by atoms with van der Waals surface area (Å²) in [6.45, 7) is 1.51. The molecule has 2 bridgehead atoms. The molecule has 2 aromatic rings. The molecular weight excluding hydrogens is 481 g/mol. The number of fused-ring (bicyclic) bond motifs is 2. The highest BCUT2D eigenvalue weighted by Crippen LogP contribution is 2.43. The van der Waals surface area contributed by atoms with Crippen molar-refractivity contribution >= 4 is 21.7 Å². The third-order valence-corrected chi connectivity index (χ3v) is 8.25. The molecule has 36 heavy (non-hydrogen) atoms. The van der Waals surface area contributed by atoms with Gasteiger partial charge >= 0.3 is 0 Å². The number of hydrogen-bond acceptors (Lipinski definition) is 5. The molecule has 0 saturated carbocycles. The predicted molar refractivity (Wildman–Crippen MR) is 137 cm³/mol. The fourth-order valence-corrected chi connectivity index (χ4v) is 6.32. The number of sulfone groups is 1. The minimum atomic E-state index is -3.44. The molecule has 2 heterocycles. The number of nitrogens with two attached hydrogens (primary N) is 1. The van der Waals surface area contributed by atoms with Gasteiger partial charge in [-0.3, -0.25) is 14.5 Å². The van der Waals surface area contributed by atoms with Gasteiger partial charge in [-0.05, 0) is 73.4 Å². The molecule has 2 N–H and O–H groups in total. The number of carbonyl (C=O) groups is 2. The van der Waals surface area contributed by atoms with Crippen molar-refractivity contribution in [2.24, 2.45) is 5.73 Å². The van der Waals surface area contributed by atoms with E-state index in [4.69, 9.17) is 5.73 Å². The molecule has 1 unspecified atom stereocenters. The van der Waals surface area contributed by atoms with Crippen LogP contribution in [0.1, 0.15) is 53.1 Å². The number of benzene rings is 2. The van der Waals surface area contributed by atoms with Crippen molar-refractivity contribution in [1.82, 2.24) is 9.80 Å². The first-order valence-electron chi connectivity index (χ1n) is 12.4. The number of carbonyl (C=O) groups excluding carboxylic acids is 2. The number of primary amides is 1. The van der Waals surface area contributed by atoms with Crippen LogP contribution in [0.2, 0.25) is 0 Å². The van der Waals surface area contributed by atoms with E-state index in [-0.39, 0.29) is 5.82 Å². The molecule has 9 heteroatoms.